The zero-order chi connectivity index (χ0) is 16.6. The van der Waals surface area contributed by atoms with Gasteiger partial charge in [-0.1, -0.05) is 29.8 Å². The fraction of sp³-hybridized carbons (Fsp3) is 0.500. The highest BCUT2D eigenvalue weighted by molar-refractivity contribution is 9.10. The lowest BCUT2D eigenvalue weighted by atomic mass is 9.81. The monoisotopic (exact) mass is 405 g/mol. The van der Waals surface area contributed by atoms with E-state index in [9.17, 15) is 9.59 Å². The molecule has 23 heavy (non-hydrogen) atoms. The summed E-state index contributed by atoms with van der Waals surface area (Å²) in [5, 5.41) is 5.60. The van der Waals surface area contributed by atoms with Crippen molar-refractivity contribution in [3.8, 4) is 0 Å². The SMILES string of the molecule is CCC(CC)(CN)C(=O)NCCC(=O)Nc1ccc(Br)cc1.Cl. The van der Waals surface area contributed by atoms with Crippen molar-refractivity contribution in [1.82, 2.24) is 5.32 Å². The van der Waals surface area contributed by atoms with Crippen molar-refractivity contribution in [2.45, 2.75) is 33.1 Å². The van der Waals surface area contributed by atoms with Crippen LogP contribution < -0.4 is 16.4 Å². The van der Waals surface area contributed by atoms with E-state index < -0.39 is 5.41 Å². The minimum Gasteiger partial charge on any atom is -0.355 e. The highest BCUT2D eigenvalue weighted by atomic mass is 79.9. The predicted molar refractivity (Wildman–Crippen MR) is 99.7 cm³/mol. The summed E-state index contributed by atoms with van der Waals surface area (Å²) in [7, 11) is 0. The molecule has 0 saturated heterocycles. The van der Waals surface area contributed by atoms with Gasteiger partial charge in [0, 0.05) is 29.7 Å². The Bertz CT molecular complexity index is 496. The Labute approximate surface area is 152 Å². The van der Waals surface area contributed by atoms with Gasteiger partial charge < -0.3 is 16.4 Å². The molecular formula is C16H25BrClN3O2. The van der Waals surface area contributed by atoms with Gasteiger partial charge in [-0.3, -0.25) is 9.59 Å². The van der Waals surface area contributed by atoms with E-state index in [4.69, 9.17) is 5.73 Å². The molecule has 0 unspecified atom stereocenters. The molecule has 1 aromatic carbocycles. The average molecular weight is 407 g/mol. The van der Waals surface area contributed by atoms with E-state index in [-0.39, 0.29) is 30.6 Å². The molecule has 0 atom stereocenters. The summed E-state index contributed by atoms with van der Waals surface area (Å²) in [6, 6.07) is 7.34. The largest absolute Gasteiger partial charge is 0.355 e. The van der Waals surface area contributed by atoms with E-state index >= 15 is 0 Å². The summed E-state index contributed by atoms with van der Waals surface area (Å²) in [5.74, 6) is -0.203. The third kappa shape index (κ3) is 6.49. The molecule has 0 aliphatic heterocycles. The van der Waals surface area contributed by atoms with Gasteiger partial charge >= 0.3 is 0 Å². The molecule has 0 saturated carbocycles. The van der Waals surface area contributed by atoms with Crippen LogP contribution in [0.1, 0.15) is 33.1 Å². The molecule has 1 rings (SSSR count). The molecule has 4 N–H and O–H groups in total. The summed E-state index contributed by atoms with van der Waals surface area (Å²) >= 11 is 3.34. The third-order valence-electron chi connectivity index (χ3n) is 3.99. The summed E-state index contributed by atoms with van der Waals surface area (Å²) in [6.45, 7) is 4.53. The van der Waals surface area contributed by atoms with Crippen LogP contribution in [0.2, 0.25) is 0 Å². The number of nitrogens with two attached hydrogens (primary N) is 1. The van der Waals surface area contributed by atoms with Gasteiger partial charge in [0.15, 0.2) is 0 Å². The van der Waals surface area contributed by atoms with E-state index in [1.54, 1.807) is 0 Å². The molecule has 130 valence electrons. The number of hydrogen-bond acceptors (Lipinski definition) is 3. The lowest BCUT2D eigenvalue weighted by molar-refractivity contribution is -0.131. The highest BCUT2D eigenvalue weighted by Gasteiger charge is 2.32. The molecule has 0 bridgehead atoms. The Morgan fingerprint density at radius 3 is 2.22 bits per heavy atom. The molecule has 0 heterocycles. The van der Waals surface area contributed by atoms with Gasteiger partial charge in [-0.2, -0.15) is 0 Å². The Balaban J connectivity index is 0.00000484. The van der Waals surface area contributed by atoms with Gasteiger partial charge in [-0.05, 0) is 37.1 Å². The van der Waals surface area contributed by atoms with Gasteiger partial charge in [0.25, 0.3) is 0 Å². The van der Waals surface area contributed by atoms with Gasteiger partial charge in [-0.25, -0.2) is 0 Å². The Morgan fingerprint density at radius 1 is 1.17 bits per heavy atom. The van der Waals surface area contributed by atoms with Crippen LogP contribution in [0, 0.1) is 5.41 Å². The Morgan fingerprint density at radius 2 is 1.74 bits per heavy atom. The molecule has 2 amide bonds. The van der Waals surface area contributed by atoms with Crippen LogP contribution in [-0.2, 0) is 9.59 Å². The van der Waals surface area contributed by atoms with Gasteiger partial charge in [-0.15, -0.1) is 12.4 Å². The van der Waals surface area contributed by atoms with Gasteiger partial charge in [0.05, 0.1) is 5.41 Å². The van der Waals surface area contributed by atoms with E-state index in [1.807, 2.05) is 38.1 Å². The quantitative estimate of drug-likeness (QED) is 0.620. The maximum atomic E-state index is 12.2. The molecule has 7 heteroatoms. The van der Waals surface area contributed by atoms with Crippen molar-refractivity contribution in [3.05, 3.63) is 28.7 Å². The van der Waals surface area contributed by atoms with Crippen LogP contribution in [0.15, 0.2) is 28.7 Å². The topological polar surface area (TPSA) is 84.2 Å². The normalized spacial score (nSPS) is 10.6. The van der Waals surface area contributed by atoms with Crippen molar-refractivity contribution < 1.29 is 9.59 Å². The van der Waals surface area contributed by atoms with Crippen molar-refractivity contribution >= 4 is 45.8 Å². The van der Waals surface area contributed by atoms with Gasteiger partial charge in [0.1, 0.15) is 0 Å². The maximum Gasteiger partial charge on any atom is 0.227 e. The van der Waals surface area contributed by atoms with Crippen LogP contribution in [0.3, 0.4) is 0 Å². The van der Waals surface area contributed by atoms with Crippen molar-refractivity contribution in [3.63, 3.8) is 0 Å². The number of rotatable bonds is 8. The van der Waals surface area contributed by atoms with Crippen LogP contribution in [0.4, 0.5) is 5.69 Å². The van der Waals surface area contributed by atoms with Crippen molar-refractivity contribution in [2.24, 2.45) is 11.1 Å². The first-order chi connectivity index (χ1) is 10.5. The van der Waals surface area contributed by atoms with Crippen LogP contribution in [-0.4, -0.2) is 24.9 Å². The molecule has 1 aromatic rings. The molecule has 0 aromatic heterocycles. The molecule has 5 nitrogen and oxygen atoms in total. The summed E-state index contributed by atoms with van der Waals surface area (Å²) in [5.41, 5.74) is 5.94. The predicted octanol–water partition coefficient (Wildman–Crippen LogP) is 3.08. The lowest BCUT2D eigenvalue weighted by Gasteiger charge is -2.28. The van der Waals surface area contributed by atoms with Gasteiger partial charge in [0.2, 0.25) is 11.8 Å². The third-order valence-corrected chi connectivity index (χ3v) is 4.52. The molecular weight excluding hydrogens is 382 g/mol. The first-order valence-corrected chi connectivity index (χ1v) is 8.30. The second-order valence-electron chi connectivity index (χ2n) is 5.25. The number of carbonyl (C=O) groups is 2. The second kappa shape index (κ2) is 10.6. The zero-order valence-electron chi connectivity index (χ0n) is 13.5. The van der Waals surface area contributed by atoms with Crippen LogP contribution in [0.25, 0.3) is 0 Å². The Kier molecular flexibility index (Phi) is 10.1. The minimum absolute atomic E-state index is 0. The maximum absolute atomic E-state index is 12.2. The molecule has 0 radical (unpaired) electrons. The molecule has 0 aliphatic rings. The molecule has 0 aliphatic carbocycles. The fourth-order valence-electron chi connectivity index (χ4n) is 2.19. The summed E-state index contributed by atoms with van der Waals surface area (Å²) in [4.78, 5) is 24.0. The second-order valence-corrected chi connectivity index (χ2v) is 6.17. The summed E-state index contributed by atoms with van der Waals surface area (Å²) in [6.07, 6.45) is 1.61. The lowest BCUT2D eigenvalue weighted by Crippen LogP contribution is -2.45. The van der Waals surface area contributed by atoms with E-state index in [2.05, 4.69) is 26.6 Å². The standard InChI is InChI=1S/C16H24BrN3O2.ClH/c1-3-16(4-2,11-18)15(22)19-10-9-14(21)20-13-7-5-12(17)6-8-13;/h5-8H,3-4,9-11,18H2,1-2H3,(H,19,22)(H,20,21);1H. The average Bonchev–Trinajstić information content (AvgIpc) is 2.52. The first kappa shape index (κ1) is 21.9. The Hall–Kier alpha value is -1.11. The number of anilines is 1. The van der Waals surface area contributed by atoms with E-state index in [0.29, 0.717) is 25.9 Å². The van der Waals surface area contributed by atoms with Crippen molar-refractivity contribution in [2.75, 3.05) is 18.4 Å². The smallest absolute Gasteiger partial charge is 0.227 e. The minimum atomic E-state index is -0.526. The van der Waals surface area contributed by atoms with Crippen molar-refractivity contribution in [1.29, 1.82) is 0 Å². The summed E-state index contributed by atoms with van der Waals surface area (Å²) < 4.78 is 0.954. The molecule has 0 spiro atoms. The first-order valence-electron chi connectivity index (χ1n) is 7.51. The number of amides is 2. The van der Waals surface area contributed by atoms with Crippen LogP contribution >= 0.6 is 28.3 Å². The van der Waals surface area contributed by atoms with E-state index in [1.165, 1.54) is 0 Å². The fourth-order valence-corrected chi connectivity index (χ4v) is 2.45. The van der Waals surface area contributed by atoms with E-state index in [0.717, 1.165) is 10.2 Å². The number of hydrogen-bond donors (Lipinski definition) is 3. The molecule has 0 fully saturated rings. The number of carbonyl (C=O) groups excluding carboxylic acids is 2. The number of halogens is 2. The number of nitrogens with one attached hydrogen (secondary N) is 2. The number of benzene rings is 1. The zero-order valence-corrected chi connectivity index (χ0v) is 15.9. The van der Waals surface area contributed by atoms with Crippen LogP contribution in [0.5, 0.6) is 0 Å². The highest BCUT2D eigenvalue weighted by Crippen LogP contribution is 2.24.